The van der Waals surface area contributed by atoms with Gasteiger partial charge in [-0.3, -0.25) is 10.00 Å². The van der Waals surface area contributed by atoms with E-state index in [0.717, 1.165) is 37.6 Å². The van der Waals surface area contributed by atoms with Crippen molar-refractivity contribution >= 4 is 45.0 Å². The molecule has 4 aliphatic rings. The van der Waals surface area contributed by atoms with Gasteiger partial charge in [-0.05, 0) is 63.1 Å². The van der Waals surface area contributed by atoms with Crippen molar-refractivity contribution in [2.45, 2.75) is 69.7 Å². The first-order chi connectivity index (χ1) is 23.6. The number of ether oxygens (including phenoxy) is 2. The minimum absolute atomic E-state index is 0.0261. The molecule has 3 unspecified atom stereocenters. The third-order valence-electron chi connectivity index (χ3n) is 10.0. The molecule has 11 nitrogen and oxygen atoms in total. The van der Waals surface area contributed by atoms with Crippen molar-refractivity contribution in [3.8, 4) is 23.1 Å². The third kappa shape index (κ3) is 5.45. The summed E-state index contributed by atoms with van der Waals surface area (Å²) in [5.41, 5.74) is 8.68. The fraction of sp³-hybridized carbons (Fsp3) is 0.441. The Morgan fingerprint density at radius 2 is 1.96 bits per heavy atom. The molecule has 1 aliphatic carbocycles. The molecule has 4 atom stereocenters. The quantitative estimate of drug-likeness (QED) is 0.210. The molecule has 3 N–H and O–H groups in total. The van der Waals surface area contributed by atoms with E-state index in [4.69, 9.17) is 31.8 Å². The average molecular weight is 694 g/mol. The Bertz CT molecular complexity index is 2080. The number of hydrogen-bond acceptors (Lipinski definition) is 10. The second-order valence-electron chi connectivity index (χ2n) is 13.2. The van der Waals surface area contributed by atoms with E-state index in [9.17, 15) is 8.78 Å². The number of aromatic nitrogens is 6. The number of halogens is 4. The van der Waals surface area contributed by atoms with Crippen LogP contribution in [0.3, 0.4) is 0 Å². The molecule has 4 aromatic heterocycles. The standard InChI is InChI=1S/C28H25ClF2N8O2.C6H10FN/c1-11-10-41-27-21-24(36-28(40-3)37-26(21)39(11)12(2)15-6-14(30)8-33-25(15)32)22(31)23(35-27)20-16-9-34-38-18(16)7-17(29)19(20)13-4-5-13;7-5-3-6-1-2-8(6)4-5/h6-9,11-13H,4-5,10H2,1-3H3,(H2,32,33)(H,34,38);5-6H,1-4H2/t11-,12?;/m0./s1. The predicted molar refractivity (Wildman–Crippen MR) is 180 cm³/mol. The van der Waals surface area contributed by atoms with Crippen LogP contribution in [-0.4, -0.2) is 80.1 Å². The largest absolute Gasteiger partial charge is 0.475 e. The van der Waals surface area contributed by atoms with E-state index in [2.05, 4.69) is 30.0 Å². The van der Waals surface area contributed by atoms with Gasteiger partial charge in [0.1, 0.15) is 46.8 Å². The smallest absolute Gasteiger partial charge is 0.318 e. The Balaban J connectivity index is 0.000000379. The van der Waals surface area contributed by atoms with Crippen LogP contribution in [0.25, 0.3) is 33.1 Å². The lowest BCUT2D eigenvalue weighted by Crippen LogP contribution is -2.42. The normalized spacial score (nSPS) is 22.2. The second-order valence-corrected chi connectivity index (χ2v) is 13.6. The first-order valence-corrected chi connectivity index (χ1v) is 16.8. The number of alkyl halides is 1. The van der Waals surface area contributed by atoms with Crippen LogP contribution in [0.15, 0.2) is 24.5 Å². The van der Waals surface area contributed by atoms with E-state index in [1.165, 1.54) is 19.6 Å². The molecule has 1 aromatic carbocycles. The second kappa shape index (κ2) is 12.2. The SMILES string of the molecule is COc1nc2c3c(nc(-c4c(C5CC5)c(Cl)cc5[nH]ncc45)c(F)c3n1)OC[C@H](C)N2C(C)c1cc(F)cnc1N.FC1CC2CCN2C1. The van der Waals surface area contributed by atoms with Gasteiger partial charge in [-0.1, -0.05) is 11.6 Å². The maximum atomic E-state index is 16.8. The summed E-state index contributed by atoms with van der Waals surface area (Å²) in [7, 11) is 1.41. The highest BCUT2D eigenvalue weighted by atomic mass is 35.5. The molecule has 3 aliphatic heterocycles. The zero-order valence-corrected chi connectivity index (χ0v) is 27.9. The lowest BCUT2D eigenvalue weighted by Gasteiger charge is -2.34. The van der Waals surface area contributed by atoms with Gasteiger partial charge in [0, 0.05) is 40.7 Å². The van der Waals surface area contributed by atoms with Crippen molar-refractivity contribution in [2.75, 3.05) is 37.4 Å². The number of benzene rings is 1. The highest BCUT2D eigenvalue weighted by molar-refractivity contribution is 6.33. The predicted octanol–water partition coefficient (Wildman–Crippen LogP) is 6.51. The molecule has 5 aromatic rings. The Hall–Kier alpha value is -4.43. The molecule has 7 heterocycles. The van der Waals surface area contributed by atoms with Crippen LogP contribution in [0.1, 0.15) is 62.6 Å². The van der Waals surface area contributed by atoms with Gasteiger partial charge in [-0.15, -0.1) is 0 Å². The molecule has 2 saturated heterocycles. The van der Waals surface area contributed by atoms with Gasteiger partial charge >= 0.3 is 6.01 Å². The Kier molecular flexibility index (Phi) is 7.90. The lowest BCUT2D eigenvalue weighted by molar-refractivity contribution is 0.139. The molecular formula is C34H35ClF3N9O2. The van der Waals surface area contributed by atoms with Crippen molar-refractivity contribution in [3.63, 3.8) is 0 Å². The van der Waals surface area contributed by atoms with Gasteiger partial charge in [0.15, 0.2) is 5.82 Å². The molecule has 0 bridgehead atoms. The highest BCUT2D eigenvalue weighted by Gasteiger charge is 2.38. The van der Waals surface area contributed by atoms with Crippen molar-refractivity contribution < 1.29 is 22.6 Å². The summed E-state index contributed by atoms with van der Waals surface area (Å²) in [5, 5.41) is 8.58. The van der Waals surface area contributed by atoms with E-state index >= 15 is 4.39 Å². The number of fused-ring (bicyclic) bond motifs is 2. The molecule has 9 rings (SSSR count). The number of hydrogen-bond donors (Lipinski definition) is 2. The fourth-order valence-electron chi connectivity index (χ4n) is 7.38. The zero-order chi connectivity index (χ0) is 34.1. The van der Waals surface area contributed by atoms with Crippen molar-refractivity contribution in [1.29, 1.82) is 0 Å². The van der Waals surface area contributed by atoms with E-state index in [0.29, 0.717) is 45.5 Å². The van der Waals surface area contributed by atoms with Gasteiger partial charge in [0.2, 0.25) is 5.88 Å². The Morgan fingerprint density at radius 3 is 2.63 bits per heavy atom. The van der Waals surface area contributed by atoms with Gasteiger partial charge in [-0.2, -0.15) is 15.1 Å². The van der Waals surface area contributed by atoms with Gasteiger partial charge < -0.3 is 20.1 Å². The summed E-state index contributed by atoms with van der Waals surface area (Å²) in [6, 6.07) is 2.89. The first kappa shape index (κ1) is 31.8. The molecule has 49 heavy (non-hydrogen) atoms. The van der Waals surface area contributed by atoms with E-state index in [-0.39, 0.29) is 52.9 Å². The van der Waals surface area contributed by atoms with Crippen LogP contribution in [0, 0.1) is 11.6 Å². The van der Waals surface area contributed by atoms with E-state index < -0.39 is 23.8 Å². The number of aromatic amines is 1. The number of anilines is 2. The van der Waals surface area contributed by atoms with Crippen LogP contribution in [-0.2, 0) is 0 Å². The summed E-state index contributed by atoms with van der Waals surface area (Å²) in [6.45, 7) is 5.79. The number of nitrogens with zero attached hydrogens (tertiary/aromatic N) is 7. The minimum atomic E-state index is -0.671. The number of pyridine rings is 2. The van der Waals surface area contributed by atoms with Gasteiger partial charge in [-0.25, -0.2) is 23.1 Å². The van der Waals surface area contributed by atoms with Crippen molar-refractivity contribution in [3.05, 3.63) is 52.3 Å². The monoisotopic (exact) mass is 693 g/mol. The molecule has 0 amide bonds. The number of nitrogens with one attached hydrogen (secondary N) is 1. The summed E-state index contributed by atoms with van der Waals surface area (Å²) in [6.07, 6.45) is 6.12. The Labute approximate surface area is 285 Å². The van der Waals surface area contributed by atoms with E-state index in [1.54, 1.807) is 6.20 Å². The molecule has 1 saturated carbocycles. The van der Waals surface area contributed by atoms with Gasteiger partial charge in [0.05, 0.1) is 37.1 Å². The highest BCUT2D eigenvalue weighted by Crippen LogP contribution is 2.51. The van der Waals surface area contributed by atoms with Crippen LogP contribution in [0.2, 0.25) is 5.02 Å². The van der Waals surface area contributed by atoms with Crippen LogP contribution >= 0.6 is 11.6 Å². The number of nitrogen functional groups attached to an aromatic ring is 1. The van der Waals surface area contributed by atoms with E-state index in [1.807, 2.05) is 24.8 Å². The van der Waals surface area contributed by atoms with Crippen LogP contribution in [0.4, 0.5) is 24.8 Å². The van der Waals surface area contributed by atoms with Crippen LogP contribution < -0.4 is 20.1 Å². The summed E-state index contributed by atoms with van der Waals surface area (Å²) < 4.78 is 55.1. The summed E-state index contributed by atoms with van der Waals surface area (Å²) >= 11 is 6.74. The lowest BCUT2D eigenvalue weighted by atomic mass is 9.95. The summed E-state index contributed by atoms with van der Waals surface area (Å²) in [5.74, 6) is -0.351. The minimum Gasteiger partial charge on any atom is -0.475 e. The first-order valence-electron chi connectivity index (χ1n) is 16.4. The number of nitrogens with two attached hydrogens (primary N) is 1. The molecular weight excluding hydrogens is 659 g/mol. The number of rotatable bonds is 5. The molecule has 0 radical (unpaired) electrons. The Morgan fingerprint density at radius 1 is 1.14 bits per heavy atom. The van der Waals surface area contributed by atoms with Crippen molar-refractivity contribution in [1.82, 2.24) is 35.0 Å². The number of H-pyrrole nitrogens is 1. The zero-order valence-electron chi connectivity index (χ0n) is 27.2. The van der Waals surface area contributed by atoms with Crippen LogP contribution in [0.5, 0.6) is 11.9 Å². The summed E-state index contributed by atoms with van der Waals surface area (Å²) in [4.78, 5) is 21.9. The average Bonchev–Trinajstić information content (AvgIpc) is 3.78. The maximum absolute atomic E-state index is 16.8. The molecule has 256 valence electrons. The topological polar surface area (TPSA) is 131 Å². The number of methoxy groups -OCH3 is 1. The third-order valence-corrected chi connectivity index (χ3v) is 10.4. The van der Waals surface area contributed by atoms with Crippen molar-refractivity contribution in [2.24, 2.45) is 0 Å². The molecule has 0 spiro atoms. The molecule has 3 fully saturated rings. The molecule has 15 heteroatoms. The van der Waals surface area contributed by atoms with Gasteiger partial charge in [0.25, 0.3) is 0 Å². The fourth-order valence-corrected chi connectivity index (χ4v) is 7.74. The maximum Gasteiger partial charge on any atom is 0.318 e.